The molecular weight excluding hydrogens is 246 g/mol. The molecule has 0 aromatic carbocycles. The predicted octanol–water partition coefficient (Wildman–Crippen LogP) is 1.56. The lowest BCUT2D eigenvalue weighted by Crippen LogP contribution is -2.33. The van der Waals surface area contributed by atoms with Gasteiger partial charge in [-0.05, 0) is 44.4 Å². The molecular formula is C14H23NO4. The summed E-state index contributed by atoms with van der Waals surface area (Å²) >= 11 is 0. The molecule has 0 aromatic rings. The van der Waals surface area contributed by atoms with Crippen LogP contribution in [0.25, 0.3) is 0 Å². The zero-order valence-corrected chi connectivity index (χ0v) is 11.3. The molecule has 0 radical (unpaired) electrons. The van der Waals surface area contributed by atoms with Crippen LogP contribution < -0.4 is 5.32 Å². The molecule has 5 nitrogen and oxygen atoms in total. The van der Waals surface area contributed by atoms with E-state index in [1.54, 1.807) is 0 Å². The van der Waals surface area contributed by atoms with Gasteiger partial charge in [-0.15, -0.1) is 0 Å². The lowest BCUT2D eigenvalue weighted by molar-refractivity contribution is -0.143. The van der Waals surface area contributed by atoms with Crippen LogP contribution >= 0.6 is 0 Å². The second-order valence-electron chi connectivity index (χ2n) is 5.70. The van der Waals surface area contributed by atoms with Crippen LogP contribution in [-0.2, 0) is 14.3 Å². The number of amides is 1. The number of rotatable bonds is 5. The van der Waals surface area contributed by atoms with E-state index in [-0.39, 0.29) is 17.9 Å². The van der Waals surface area contributed by atoms with Crippen molar-refractivity contribution in [2.24, 2.45) is 11.8 Å². The highest BCUT2D eigenvalue weighted by Crippen LogP contribution is 2.28. The molecule has 1 heterocycles. The second-order valence-corrected chi connectivity index (χ2v) is 5.70. The van der Waals surface area contributed by atoms with Crippen molar-refractivity contribution in [2.45, 2.75) is 51.0 Å². The smallest absolute Gasteiger partial charge is 0.306 e. The molecule has 1 atom stereocenters. The van der Waals surface area contributed by atoms with E-state index >= 15 is 0 Å². The summed E-state index contributed by atoms with van der Waals surface area (Å²) in [5, 5.41) is 11.9. The Labute approximate surface area is 113 Å². The molecule has 2 aliphatic rings. The quantitative estimate of drug-likeness (QED) is 0.794. The molecule has 2 fully saturated rings. The van der Waals surface area contributed by atoms with Gasteiger partial charge in [-0.2, -0.15) is 0 Å². The van der Waals surface area contributed by atoms with E-state index < -0.39 is 5.97 Å². The lowest BCUT2D eigenvalue weighted by Gasteiger charge is -2.26. The number of aliphatic carboxylic acids is 1. The van der Waals surface area contributed by atoms with E-state index in [9.17, 15) is 9.59 Å². The maximum absolute atomic E-state index is 11.7. The van der Waals surface area contributed by atoms with Crippen molar-refractivity contribution >= 4 is 11.9 Å². The zero-order chi connectivity index (χ0) is 13.7. The Morgan fingerprint density at radius 3 is 2.47 bits per heavy atom. The van der Waals surface area contributed by atoms with Crippen LogP contribution in [0.1, 0.15) is 44.9 Å². The molecule has 19 heavy (non-hydrogen) atoms. The van der Waals surface area contributed by atoms with Gasteiger partial charge < -0.3 is 15.2 Å². The van der Waals surface area contributed by atoms with E-state index in [2.05, 4.69) is 5.32 Å². The van der Waals surface area contributed by atoms with Crippen molar-refractivity contribution in [3.8, 4) is 0 Å². The van der Waals surface area contributed by atoms with Gasteiger partial charge in [0.25, 0.3) is 0 Å². The molecule has 1 aliphatic heterocycles. The van der Waals surface area contributed by atoms with Gasteiger partial charge in [0.15, 0.2) is 0 Å². The number of carbonyl (C=O) groups is 2. The summed E-state index contributed by atoms with van der Waals surface area (Å²) < 4.78 is 5.43. The first-order chi connectivity index (χ1) is 9.15. The summed E-state index contributed by atoms with van der Waals surface area (Å²) in [4.78, 5) is 22.6. The van der Waals surface area contributed by atoms with E-state index in [0.717, 1.165) is 45.1 Å². The average molecular weight is 269 g/mol. The van der Waals surface area contributed by atoms with Gasteiger partial charge in [0.05, 0.1) is 18.4 Å². The fourth-order valence-corrected chi connectivity index (χ4v) is 2.96. The third kappa shape index (κ3) is 4.49. The number of nitrogens with one attached hydrogen (secondary N) is 1. The number of carboxylic acids is 1. The number of carboxylic acid groups (broad SMARTS) is 1. The van der Waals surface area contributed by atoms with Gasteiger partial charge in [0.2, 0.25) is 5.91 Å². The maximum atomic E-state index is 11.7. The first kappa shape index (κ1) is 14.3. The van der Waals surface area contributed by atoms with Crippen molar-refractivity contribution < 1.29 is 19.4 Å². The summed E-state index contributed by atoms with van der Waals surface area (Å²) in [6.45, 7) is 1.45. The fraction of sp³-hybridized carbons (Fsp3) is 0.857. The molecule has 1 amide bonds. The van der Waals surface area contributed by atoms with Crippen molar-refractivity contribution in [1.29, 1.82) is 0 Å². The number of ether oxygens (including phenoxy) is 1. The standard InChI is InChI=1S/C14H23NO4/c16-13(8-12-2-1-7-19-12)15-9-10-3-5-11(6-4-10)14(17)18/h10-12H,1-9H2,(H,15,16)(H,17,18). The highest BCUT2D eigenvalue weighted by atomic mass is 16.5. The summed E-state index contributed by atoms with van der Waals surface area (Å²) in [7, 11) is 0. The maximum Gasteiger partial charge on any atom is 0.306 e. The van der Waals surface area contributed by atoms with Crippen LogP contribution in [0.5, 0.6) is 0 Å². The van der Waals surface area contributed by atoms with Gasteiger partial charge >= 0.3 is 5.97 Å². The van der Waals surface area contributed by atoms with Crippen LogP contribution in [0.2, 0.25) is 0 Å². The Balaban J connectivity index is 1.60. The first-order valence-electron chi connectivity index (χ1n) is 7.26. The van der Waals surface area contributed by atoms with Crippen LogP contribution in [0.4, 0.5) is 0 Å². The van der Waals surface area contributed by atoms with Crippen molar-refractivity contribution in [1.82, 2.24) is 5.32 Å². The highest BCUT2D eigenvalue weighted by molar-refractivity contribution is 5.76. The minimum absolute atomic E-state index is 0.0623. The zero-order valence-electron chi connectivity index (χ0n) is 11.3. The molecule has 0 bridgehead atoms. The van der Waals surface area contributed by atoms with Gasteiger partial charge in [0.1, 0.15) is 0 Å². The Kier molecular flexibility index (Phi) is 5.19. The SMILES string of the molecule is O=C(CC1CCCO1)NCC1CCC(C(=O)O)CC1. The molecule has 108 valence electrons. The van der Waals surface area contributed by atoms with Crippen LogP contribution in [0.15, 0.2) is 0 Å². The second kappa shape index (κ2) is 6.89. The van der Waals surface area contributed by atoms with E-state index in [4.69, 9.17) is 9.84 Å². The van der Waals surface area contributed by atoms with Crippen LogP contribution in [-0.4, -0.2) is 36.2 Å². The van der Waals surface area contributed by atoms with Gasteiger partial charge in [-0.1, -0.05) is 0 Å². The Bertz CT molecular complexity index is 317. The number of hydrogen-bond acceptors (Lipinski definition) is 3. The minimum Gasteiger partial charge on any atom is -0.481 e. The van der Waals surface area contributed by atoms with Crippen LogP contribution in [0.3, 0.4) is 0 Å². The minimum atomic E-state index is -0.680. The van der Waals surface area contributed by atoms with Gasteiger partial charge in [-0.3, -0.25) is 9.59 Å². The largest absolute Gasteiger partial charge is 0.481 e. The van der Waals surface area contributed by atoms with Crippen molar-refractivity contribution in [3.63, 3.8) is 0 Å². The first-order valence-corrected chi connectivity index (χ1v) is 7.26. The van der Waals surface area contributed by atoms with Gasteiger partial charge in [-0.25, -0.2) is 0 Å². The highest BCUT2D eigenvalue weighted by Gasteiger charge is 2.26. The Morgan fingerprint density at radius 1 is 1.16 bits per heavy atom. The molecule has 0 spiro atoms. The third-order valence-electron chi connectivity index (χ3n) is 4.22. The summed E-state index contributed by atoms with van der Waals surface area (Å²) in [5.41, 5.74) is 0. The predicted molar refractivity (Wildman–Crippen MR) is 69.7 cm³/mol. The lowest BCUT2D eigenvalue weighted by atomic mass is 9.82. The Morgan fingerprint density at radius 2 is 1.89 bits per heavy atom. The summed E-state index contributed by atoms with van der Waals surface area (Å²) in [6, 6.07) is 0. The fourth-order valence-electron chi connectivity index (χ4n) is 2.96. The molecule has 1 aliphatic carbocycles. The normalized spacial score (nSPS) is 31.1. The van der Waals surface area contributed by atoms with E-state index in [0.29, 0.717) is 18.9 Å². The molecule has 2 N–H and O–H groups in total. The summed E-state index contributed by atoms with van der Waals surface area (Å²) in [5.74, 6) is -0.365. The average Bonchev–Trinajstić information content (AvgIpc) is 2.89. The molecule has 0 aromatic heterocycles. The number of hydrogen-bond donors (Lipinski definition) is 2. The topological polar surface area (TPSA) is 75.6 Å². The van der Waals surface area contributed by atoms with Crippen molar-refractivity contribution in [2.75, 3.05) is 13.2 Å². The molecule has 5 heteroatoms. The molecule has 1 saturated heterocycles. The van der Waals surface area contributed by atoms with E-state index in [1.165, 1.54) is 0 Å². The monoisotopic (exact) mass is 269 g/mol. The molecule has 2 rings (SSSR count). The van der Waals surface area contributed by atoms with Gasteiger partial charge in [0, 0.05) is 13.2 Å². The number of carbonyl (C=O) groups excluding carboxylic acids is 1. The molecule has 1 unspecified atom stereocenters. The third-order valence-corrected chi connectivity index (χ3v) is 4.22. The van der Waals surface area contributed by atoms with Crippen LogP contribution in [0, 0.1) is 11.8 Å². The summed E-state index contributed by atoms with van der Waals surface area (Å²) in [6.07, 6.45) is 5.87. The van der Waals surface area contributed by atoms with Crippen molar-refractivity contribution in [3.05, 3.63) is 0 Å². The van der Waals surface area contributed by atoms with E-state index in [1.807, 2.05) is 0 Å². The Hall–Kier alpha value is -1.10. The molecule has 1 saturated carbocycles.